The van der Waals surface area contributed by atoms with Crippen LogP contribution in [0.2, 0.25) is 0 Å². The summed E-state index contributed by atoms with van der Waals surface area (Å²) in [4.78, 5) is 71.7. The average molecular weight is 797 g/mol. The van der Waals surface area contributed by atoms with Gasteiger partial charge in [-0.1, -0.05) is 86.5 Å². The third kappa shape index (κ3) is 8.99. The van der Waals surface area contributed by atoms with E-state index >= 15 is 0 Å². The molecule has 304 valence electrons. The minimum atomic E-state index is -0.907. The van der Waals surface area contributed by atoms with Gasteiger partial charge in [-0.25, -0.2) is 19.6 Å². The van der Waals surface area contributed by atoms with Gasteiger partial charge in [0, 0.05) is 24.2 Å². The number of amides is 4. The number of aromatic amines is 2. The first-order valence-electron chi connectivity index (χ1n) is 19.8. The molecule has 4 N–H and O–H groups in total. The number of hydrogen-bond donors (Lipinski definition) is 4. The Hall–Kier alpha value is -6.88. The molecule has 59 heavy (non-hydrogen) atoms. The van der Waals surface area contributed by atoms with Crippen LogP contribution in [-0.2, 0) is 19.1 Å². The van der Waals surface area contributed by atoms with E-state index in [4.69, 9.17) is 14.5 Å². The molecule has 2 aromatic heterocycles. The SMILES string of the molecule is COC(=O)N[C@H](C(=O)N1CCC[C@H]1c1ncc(C#Cc2ccc(-c3cnc([C@@H]4CCCN4C(=O)[C@H](NC(=O)OC)c4ccccc4)[nH]3)cc2-c2ccccc2)[nH]1)C(C)C. The van der Waals surface area contributed by atoms with Crippen LogP contribution in [0.4, 0.5) is 9.59 Å². The summed E-state index contributed by atoms with van der Waals surface area (Å²) in [6.45, 7) is 4.86. The number of aromatic nitrogens is 4. The number of nitrogens with one attached hydrogen (secondary N) is 4. The Morgan fingerprint density at radius 2 is 1.34 bits per heavy atom. The summed E-state index contributed by atoms with van der Waals surface area (Å²) < 4.78 is 9.61. The van der Waals surface area contributed by atoms with Gasteiger partial charge in [0.1, 0.15) is 29.4 Å². The van der Waals surface area contributed by atoms with Crippen LogP contribution in [-0.4, -0.2) is 87.1 Å². The number of alkyl carbamates (subject to hydrolysis) is 2. The molecule has 14 nitrogen and oxygen atoms in total. The topological polar surface area (TPSA) is 175 Å². The summed E-state index contributed by atoms with van der Waals surface area (Å²) in [6, 6.07) is 23.0. The van der Waals surface area contributed by atoms with Crippen LogP contribution < -0.4 is 10.6 Å². The molecule has 0 spiro atoms. The molecule has 14 heteroatoms. The Kier molecular flexibility index (Phi) is 12.4. The van der Waals surface area contributed by atoms with Crippen LogP contribution >= 0.6 is 0 Å². The first-order valence-corrected chi connectivity index (χ1v) is 19.8. The Labute approximate surface area is 343 Å². The highest BCUT2D eigenvalue weighted by Gasteiger charge is 2.38. The molecule has 0 bridgehead atoms. The molecule has 0 unspecified atom stereocenters. The van der Waals surface area contributed by atoms with E-state index < -0.39 is 24.3 Å². The molecule has 2 fully saturated rings. The second kappa shape index (κ2) is 18.1. The predicted molar refractivity (Wildman–Crippen MR) is 220 cm³/mol. The second-order valence-electron chi connectivity index (χ2n) is 15.0. The molecule has 0 radical (unpaired) electrons. The molecule has 2 aliphatic rings. The summed E-state index contributed by atoms with van der Waals surface area (Å²) in [7, 11) is 2.55. The van der Waals surface area contributed by atoms with Crippen molar-refractivity contribution >= 4 is 24.0 Å². The molecule has 4 heterocycles. The van der Waals surface area contributed by atoms with E-state index in [9.17, 15) is 19.2 Å². The number of imidazole rings is 2. The normalized spacial score (nSPS) is 17.2. The van der Waals surface area contributed by atoms with Gasteiger partial charge in [-0.05, 0) is 66.3 Å². The number of carbonyl (C=O) groups is 4. The number of methoxy groups -OCH3 is 2. The predicted octanol–water partition coefficient (Wildman–Crippen LogP) is 6.67. The fourth-order valence-corrected chi connectivity index (χ4v) is 7.82. The second-order valence-corrected chi connectivity index (χ2v) is 15.0. The number of nitrogens with zero attached hydrogens (tertiary/aromatic N) is 4. The molecule has 7 rings (SSSR count). The van der Waals surface area contributed by atoms with Crippen LogP contribution in [0.5, 0.6) is 0 Å². The van der Waals surface area contributed by atoms with Crippen molar-refractivity contribution in [2.24, 2.45) is 5.92 Å². The first kappa shape index (κ1) is 40.3. The number of hydrogen-bond acceptors (Lipinski definition) is 8. The molecular weight excluding hydrogens is 749 g/mol. The van der Waals surface area contributed by atoms with Gasteiger partial charge in [-0.15, -0.1) is 0 Å². The van der Waals surface area contributed by atoms with Gasteiger partial charge in [0.15, 0.2) is 0 Å². The number of carbonyl (C=O) groups excluding carboxylic acids is 4. The van der Waals surface area contributed by atoms with Crippen LogP contribution in [0.15, 0.2) is 91.3 Å². The number of benzene rings is 3. The lowest BCUT2D eigenvalue weighted by Crippen LogP contribution is -2.51. The van der Waals surface area contributed by atoms with Gasteiger partial charge in [0.25, 0.3) is 5.91 Å². The molecule has 0 saturated carbocycles. The van der Waals surface area contributed by atoms with Crippen LogP contribution in [0.3, 0.4) is 0 Å². The molecule has 0 aliphatic carbocycles. The number of likely N-dealkylation sites (tertiary alicyclic amines) is 2. The van der Waals surface area contributed by atoms with E-state index in [1.807, 2.05) is 86.6 Å². The zero-order valence-electron chi connectivity index (χ0n) is 33.5. The quantitative estimate of drug-likeness (QED) is 0.113. The van der Waals surface area contributed by atoms with Gasteiger partial charge in [-0.3, -0.25) is 9.59 Å². The highest BCUT2D eigenvalue weighted by atomic mass is 16.5. The van der Waals surface area contributed by atoms with Crippen molar-refractivity contribution in [1.29, 1.82) is 0 Å². The average Bonchev–Trinajstić information content (AvgIpc) is 4.11. The maximum atomic E-state index is 14.0. The maximum Gasteiger partial charge on any atom is 0.407 e. The van der Waals surface area contributed by atoms with Crippen LogP contribution in [0, 0.1) is 17.8 Å². The Bertz CT molecular complexity index is 2350. The van der Waals surface area contributed by atoms with Crippen molar-refractivity contribution in [2.75, 3.05) is 27.3 Å². The highest BCUT2D eigenvalue weighted by molar-refractivity contribution is 5.88. The number of rotatable bonds is 10. The molecule has 3 aromatic carbocycles. The van der Waals surface area contributed by atoms with E-state index in [2.05, 4.69) is 43.5 Å². The zero-order chi connectivity index (χ0) is 41.5. The van der Waals surface area contributed by atoms with Crippen LogP contribution in [0.1, 0.15) is 86.1 Å². The largest absolute Gasteiger partial charge is 0.453 e. The van der Waals surface area contributed by atoms with Crippen molar-refractivity contribution in [3.63, 3.8) is 0 Å². The van der Waals surface area contributed by atoms with Gasteiger partial charge >= 0.3 is 12.2 Å². The third-order valence-corrected chi connectivity index (χ3v) is 10.9. The van der Waals surface area contributed by atoms with E-state index in [1.54, 1.807) is 22.2 Å². The van der Waals surface area contributed by atoms with Crippen molar-refractivity contribution < 1.29 is 28.7 Å². The summed E-state index contributed by atoms with van der Waals surface area (Å²) in [5, 5.41) is 5.40. The van der Waals surface area contributed by atoms with Gasteiger partial charge in [-0.2, -0.15) is 0 Å². The standard InChI is InChI=1S/C45H48N8O6/c1-28(2)38(50-44(56)58-3)42(54)52-23-11-17-36(52)40-46-26-33(48-40)22-21-30-19-20-32(25-34(30)29-13-7-5-8-14-29)35-27-47-41(49-35)37-18-12-24-53(37)43(55)39(51-45(57)59-4)31-15-9-6-10-16-31/h5-10,13-16,19-20,25-28,36-39H,11-12,17-18,23-24H2,1-4H3,(H,46,48)(H,47,49)(H,50,56)(H,51,57)/t36-,37-,38-,39+/m0/s1. The lowest BCUT2D eigenvalue weighted by Gasteiger charge is -2.29. The van der Waals surface area contributed by atoms with Gasteiger partial charge < -0.3 is 39.9 Å². The summed E-state index contributed by atoms with van der Waals surface area (Å²) in [5.41, 5.74) is 5.68. The maximum absolute atomic E-state index is 14.0. The smallest absolute Gasteiger partial charge is 0.407 e. The van der Waals surface area contributed by atoms with E-state index in [-0.39, 0.29) is 29.8 Å². The minimum Gasteiger partial charge on any atom is -0.453 e. The number of ether oxygens (including phenoxy) is 2. The lowest BCUT2D eigenvalue weighted by atomic mass is 9.96. The molecule has 5 aromatic rings. The monoisotopic (exact) mass is 796 g/mol. The van der Waals surface area contributed by atoms with Crippen molar-refractivity contribution in [3.8, 4) is 34.2 Å². The lowest BCUT2D eigenvalue weighted by molar-refractivity contribution is -0.135. The van der Waals surface area contributed by atoms with Crippen molar-refractivity contribution in [1.82, 2.24) is 40.4 Å². The minimum absolute atomic E-state index is 0.133. The Morgan fingerprint density at radius 3 is 2.00 bits per heavy atom. The van der Waals surface area contributed by atoms with E-state index in [0.29, 0.717) is 36.0 Å². The summed E-state index contributed by atoms with van der Waals surface area (Å²) >= 11 is 0. The van der Waals surface area contributed by atoms with E-state index in [1.165, 1.54) is 14.2 Å². The number of H-pyrrole nitrogens is 2. The van der Waals surface area contributed by atoms with Crippen LogP contribution in [0.25, 0.3) is 22.4 Å². The summed E-state index contributed by atoms with van der Waals surface area (Å²) in [6.07, 6.45) is 5.20. The molecule has 4 amide bonds. The van der Waals surface area contributed by atoms with Gasteiger partial charge in [0.05, 0.1) is 44.4 Å². The summed E-state index contributed by atoms with van der Waals surface area (Å²) in [5.74, 6) is 7.36. The van der Waals surface area contributed by atoms with Gasteiger partial charge in [0.2, 0.25) is 5.91 Å². The highest BCUT2D eigenvalue weighted by Crippen LogP contribution is 2.36. The van der Waals surface area contributed by atoms with Crippen molar-refractivity contribution in [3.05, 3.63) is 120 Å². The molecule has 4 atom stereocenters. The Balaban J connectivity index is 1.12. The fraction of sp³-hybridized carbons (Fsp3) is 0.333. The van der Waals surface area contributed by atoms with E-state index in [0.717, 1.165) is 53.6 Å². The molecule has 2 aliphatic heterocycles. The fourth-order valence-electron chi connectivity index (χ4n) is 7.82. The third-order valence-electron chi connectivity index (χ3n) is 10.9. The Morgan fingerprint density at radius 1 is 0.729 bits per heavy atom. The molecular formula is C45H48N8O6. The zero-order valence-corrected chi connectivity index (χ0v) is 33.5. The van der Waals surface area contributed by atoms with Crippen molar-refractivity contribution in [2.45, 2.75) is 63.7 Å². The molecule has 2 saturated heterocycles. The first-order chi connectivity index (χ1) is 28.6.